The largest absolute Gasteiger partial charge is 0.396 e. The van der Waals surface area contributed by atoms with Crippen LogP contribution >= 0.6 is 0 Å². The van der Waals surface area contributed by atoms with E-state index < -0.39 is 0 Å². The Bertz CT molecular complexity index is 53.7. The maximum absolute atomic E-state index is 7.88. The van der Waals surface area contributed by atoms with Crippen molar-refractivity contribution in [2.75, 3.05) is 6.61 Å². The van der Waals surface area contributed by atoms with Crippen LogP contribution in [0.3, 0.4) is 0 Å². The molecule has 0 unspecified atom stereocenters. The molecule has 10 heavy (non-hydrogen) atoms. The van der Waals surface area contributed by atoms with Crippen LogP contribution in [0, 0.1) is 5.92 Å². The number of hydrogen-bond donors (Lipinski definition) is 1. The first-order valence-corrected chi connectivity index (χ1v) is 4.42. The van der Waals surface area contributed by atoms with Crippen LogP contribution < -0.4 is 0 Å². The molecule has 0 bridgehead atoms. The van der Waals surface area contributed by atoms with Crippen LogP contribution in [0.4, 0.5) is 0 Å². The molecule has 1 saturated carbocycles. The fourth-order valence-electron chi connectivity index (χ4n) is 1.13. The molecule has 1 rings (SSSR count). The van der Waals surface area contributed by atoms with E-state index in [1.54, 1.807) is 0 Å². The van der Waals surface area contributed by atoms with Crippen LogP contribution in [0.2, 0.25) is 0 Å². The minimum absolute atomic E-state index is 0.319. The lowest BCUT2D eigenvalue weighted by Crippen LogP contribution is -1.78. The highest BCUT2D eigenvalue weighted by Gasteiger charge is 2.07. The average molecular weight is 144 g/mol. The Morgan fingerprint density at radius 2 is 1.70 bits per heavy atom. The van der Waals surface area contributed by atoms with Crippen LogP contribution in [-0.2, 0) is 0 Å². The summed E-state index contributed by atoms with van der Waals surface area (Å²) in [5, 5.41) is 7.88. The molecule has 1 aliphatic rings. The number of aliphatic hydroxyl groups is 1. The lowest BCUT2D eigenvalue weighted by molar-refractivity contribution is 0.295. The normalized spacial score (nSPS) is 18.3. The highest BCUT2D eigenvalue weighted by molar-refractivity contribution is 4.60. The molecule has 62 valence electrons. The molecule has 1 fully saturated rings. The zero-order chi connectivity index (χ0) is 7.82. The lowest BCUT2D eigenvalue weighted by atomic mass is 10.2. The summed E-state index contributed by atoms with van der Waals surface area (Å²) in [6.45, 7) is 4.59. The maximum atomic E-state index is 7.88. The van der Waals surface area contributed by atoms with Gasteiger partial charge in [-0.3, -0.25) is 0 Å². The highest BCUT2D eigenvalue weighted by Crippen LogP contribution is 2.22. The number of hydrogen-bond acceptors (Lipinski definition) is 1. The molecule has 0 aromatic carbocycles. The van der Waals surface area contributed by atoms with E-state index in [1.807, 2.05) is 6.92 Å². The zero-order valence-corrected chi connectivity index (χ0v) is 7.27. The summed E-state index contributed by atoms with van der Waals surface area (Å²) in [6, 6.07) is 0. The second kappa shape index (κ2) is 7.07. The molecular weight excluding hydrogens is 124 g/mol. The molecule has 0 amide bonds. The van der Waals surface area contributed by atoms with Gasteiger partial charge in [-0.25, -0.2) is 0 Å². The lowest BCUT2D eigenvalue weighted by Gasteiger charge is -1.91. The smallest absolute Gasteiger partial charge is 0.0428 e. The van der Waals surface area contributed by atoms with Gasteiger partial charge in [0.05, 0.1) is 0 Å². The third-order valence-electron chi connectivity index (χ3n) is 1.87. The van der Waals surface area contributed by atoms with Crippen molar-refractivity contribution in [1.82, 2.24) is 0 Å². The molecule has 1 aliphatic carbocycles. The molecule has 0 saturated heterocycles. The van der Waals surface area contributed by atoms with Gasteiger partial charge in [0.2, 0.25) is 0 Å². The van der Waals surface area contributed by atoms with Crippen LogP contribution in [-0.4, -0.2) is 11.7 Å². The summed E-state index contributed by atoms with van der Waals surface area (Å²) in [4.78, 5) is 0. The van der Waals surface area contributed by atoms with Gasteiger partial charge in [-0.05, 0) is 12.3 Å². The Morgan fingerprint density at radius 1 is 1.30 bits per heavy atom. The van der Waals surface area contributed by atoms with E-state index in [0.717, 1.165) is 12.3 Å². The molecule has 0 aliphatic heterocycles. The summed E-state index contributed by atoms with van der Waals surface area (Å²) >= 11 is 0. The fourth-order valence-corrected chi connectivity index (χ4v) is 1.13. The van der Waals surface area contributed by atoms with Gasteiger partial charge >= 0.3 is 0 Å². The minimum atomic E-state index is 0.319. The first-order chi connectivity index (χ1) is 4.81. The number of aliphatic hydroxyl groups excluding tert-OH is 1. The van der Waals surface area contributed by atoms with Gasteiger partial charge in [0, 0.05) is 6.61 Å². The van der Waals surface area contributed by atoms with E-state index in [4.69, 9.17) is 5.11 Å². The molecule has 0 aromatic rings. The summed E-state index contributed by atoms with van der Waals surface area (Å²) in [5.41, 5.74) is 0. The van der Waals surface area contributed by atoms with Crippen molar-refractivity contribution >= 4 is 0 Å². The van der Waals surface area contributed by atoms with E-state index in [9.17, 15) is 0 Å². The Morgan fingerprint density at radius 3 is 1.80 bits per heavy atom. The van der Waals surface area contributed by atoms with Crippen LogP contribution in [0.5, 0.6) is 0 Å². The van der Waals surface area contributed by atoms with E-state index >= 15 is 0 Å². The quantitative estimate of drug-likeness (QED) is 0.599. The third kappa shape index (κ3) is 6.09. The fraction of sp³-hybridized carbons (Fsp3) is 1.00. The van der Waals surface area contributed by atoms with Crippen LogP contribution in [0.25, 0.3) is 0 Å². The molecule has 0 heterocycles. The SMILES string of the molecule is CC1CCCC1.CCCO. The molecule has 0 aromatic heterocycles. The third-order valence-corrected chi connectivity index (χ3v) is 1.87. The van der Waals surface area contributed by atoms with Gasteiger partial charge in [0.15, 0.2) is 0 Å². The van der Waals surface area contributed by atoms with Crippen molar-refractivity contribution in [3.8, 4) is 0 Å². The van der Waals surface area contributed by atoms with Crippen LogP contribution in [0.15, 0.2) is 0 Å². The molecule has 0 spiro atoms. The molecule has 0 atom stereocenters. The molecular formula is C9H20O. The number of rotatable bonds is 1. The second-order valence-corrected chi connectivity index (χ2v) is 3.11. The van der Waals surface area contributed by atoms with Crippen molar-refractivity contribution < 1.29 is 5.11 Å². The van der Waals surface area contributed by atoms with Gasteiger partial charge in [-0.15, -0.1) is 0 Å². The van der Waals surface area contributed by atoms with E-state index in [2.05, 4.69) is 6.92 Å². The van der Waals surface area contributed by atoms with Crippen molar-refractivity contribution in [1.29, 1.82) is 0 Å². The minimum Gasteiger partial charge on any atom is -0.396 e. The monoisotopic (exact) mass is 144 g/mol. The molecule has 0 radical (unpaired) electrons. The summed E-state index contributed by atoms with van der Waals surface area (Å²) in [7, 11) is 0. The average Bonchev–Trinajstić information content (AvgIpc) is 2.40. The molecule has 1 heteroatoms. The first kappa shape index (κ1) is 9.96. The van der Waals surface area contributed by atoms with Crippen LogP contribution in [0.1, 0.15) is 46.0 Å². The molecule has 1 nitrogen and oxygen atoms in total. The Balaban J connectivity index is 0.000000180. The van der Waals surface area contributed by atoms with Gasteiger partial charge in [-0.2, -0.15) is 0 Å². The van der Waals surface area contributed by atoms with Gasteiger partial charge in [0.1, 0.15) is 0 Å². The predicted octanol–water partition coefficient (Wildman–Crippen LogP) is 2.59. The van der Waals surface area contributed by atoms with Crippen molar-refractivity contribution in [2.24, 2.45) is 5.92 Å². The van der Waals surface area contributed by atoms with Gasteiger partial charge < -0.3 is 5.11 Å². The zero-order valence-electron chi connectivity index (χ0n) is 7.27. The molecule has 1 N–H and O–H groups in total. The standard InChI is InChI=1S/C6H12.C3H8O/c1-6-4-2-3-5-6;1-2-3-4/h6H,2-5H2,1H3;4H,2-3H2,1H3. The highest BCUT2D eigenvalue weighted by atomic mass is 16.2. The van der Waals surface area contributed by atoms with Crippen molar-refractivity contribution in [2.45, 2.75) is 46.0 Å². The Kier molecular flexibility index (Phi) is 7.04. The van der Waals surface area contributed by atoms with Crippen molar-refractivity contribution in [3.63, 3.8) is 0 Å². The van der Waals surface area contributed by atoms with Gasteiger partial charge in [0.25, 0.3) is 0 Å². The predicted molar refractivity (Wildman–Crippen MR) is 45.0 cm³/mol. The van der Waals surface area contributed by atoms with E-state index in [1.165, 1.54) is 25.7 Å². The Hall–Kier alpha value is -0.0400. The first-order valence-electron chi connectivity index (χ1n) is 4.42. The second-order valence-electron chi connectivity index (χ2n) is 3.11. The summed E-state index contributed by atoms with van der Waals surface area (Å²) in [5.74, 6) is 1.05. The van der Waals surface area contributed by atoms with Gasteiger partial charge in [-0.1, -0.05) is 39.5 Å². The van der Waals surface area contributed by atoms with Crippen molar-refractivity contribution in [3.05, 3.63) is 0 Å². The maximum Gasteiger partial charge on any atom is 0.0428 e. The van der Waals surface area contributed by atoms with E-state index in [-0.39, 0.29) is 0 Å². The summed E-state index contributed by atoms with van der Waals surface area (Å²) in [6.07, 6.45) is 6.82. The Labute approximate surface area is 64.5 Å². The topological polar surface area (TPSA) is 20.2 Å². The van der Waals surface area contributed by atoms with E-state index in [0.29, 0.717) is 6.61 Å². The summed E-state index contributed by atoms with van der Waals surface area (Å²) < 4.78 is 0.